The Morgan fingerprint density at radius 1 is 1.14 bits per heavy atom. The highest BCUT2D eigenvalue weighted by Crippen LogP contribution is 2.57. The second-order valence-corrected chi connectivity index (χ2v) is 9.28. The van der Waals surface area contributed by atoms with Crippen molar-refractivity contribution in [3.8, 4) is 0 Å². The molecule has 0 aromatic rings. The first-order valence-electron chi connectivity index (χ1n) is 3.15. The van der Waals surface area contributed by atoms with Crippen molar-refractivity contribution in [2.24, 2.45) is 0 Å². The van der Waals surface area contributed by atoms with Crippen molar-refractivity contribution < 1.29 is 37.8 Å². The van der Waals surface area contributed by atoms with E-state index in [1.165, 1.54) is 0 Å². The van der Waals surface area contributed by atoms with Crippen LogP contribution in [0.3, 0.4) is 0 Å². The molecule has 14 heavy (non-hydrogen) atoms. The molecule has 0 aromatic heterocycles. The summed E-state index contributed by atoms with van der Waals surface area (Å²) in [6, 6.07) is 0. The largest absolute Gasteiger partial charge is 0.799 e. The maximum absolute atomic E-state index is 10.9. The van der Waals surface area contributed by atoms with Crippen LogP contribution < -0.4 is 14.7 Å². The molecule has 0 saturated heterocycles. The minimum Gasteiger partial charge on any atom is -0.799 e. The summed E-state index contributed by atoms with van der Waals surface area (Å²) in [6.45, 7) is 0. The van der Waals surface area contributed by atoms with Crippen molar-refractivity contribution in [3.63, 3.8) is 0 Å². The summed E-state index contributed by atoms with van der Waals surface area (Å²) in [5, 5.41) is 0. The third kappa shape index (κ3) is 6.87. The molecule has 0 radical (unpaired) electrons. The Hall–Kier alpha value is 0.490. The highest BCUT2D eigenvalue weighted by molar-refractivity contribution is 7.78. The van der Waals surface area contributed by atoms with Gasteiger partial charge in [0.15, 0.2) is 0 Å². The van der Waals surface area contributed by atoms with E-state index in [9.17, 15) is 28.4 Å². The fraction of sp³-hybridized carbons (Fsp3) is 1.00. The summed E-state index contributed by atoms with van der Waals surface area (Å²) in [5.74, 6) is -3.02. The summed E-state index contributed by atoms with van der Waals surface area (Å²) in [4.78, 5) is 39.9. The van der Waals surface area contributed by atoms with Crippen molar-refractivity contribution in [1.82, 2.24) is 0 Å². The van der Waals surface area contributed by atoms with E-state index in [-0.39, 0.29) is 0 Å². The standard InChI is InChI=1S/C3H11O8P3/c1-11-14(9,10)3-12(4,5)2-13(6,7)8/h2-3H2,1H3,(H,4,5)(H,9,10)(H2,6,7,8)/p-3. The maximum Gasteiger partial charge on any atom is 0.140 e. The summed E-state index contributed by atoms with van der Waals surface area (Å²) in [6.07, 6.45) is 0. The molecule has 0 aliphatic heterocycles. The van der Waals surface area contributed by atoms with Crippen molar-refractivity contribution in [1.29, 1.82) is 0 Å². The van der Waals surface area contributed by atoms with Gasteiger partial charge in [-0.1, -0.05) is 0 Å². The van der Waals surface area contributed by atoms with Gasteiger partial charge in [0, 0.05) is 14.5 Å². The van der Waals surface area contributed by atoms with Crippen LogP contribution in [0.15, 0.2) is 0 Å². The molecule has 0 aliphatic rings. The normalized spacial score (nSPS) is 24.6. The SMILES string of the molecule is COP(=O)([O-])CP(=O)([O-])CP(=O)([O-])O. The van der Waals surface area contributed by atoms with E-state index in [4.69, 9.17) is 4.89 Å². The predicted octanol–water partition coefficient (Wildman–Crippen LogP) is -1.71. The van der Waals surface area contributed by atoms with Crippen LogP contribution in [0.1, 0.15) is 0 Å². The Labute approximate surface area is 80.1 Å². The molecular weight excluding hydrogens is 257 g/mol. The lowest BCUT2D eigenvalue weighted by Crippen LogP contribution is -2.17. The van der Waals surface area contributed by atoms with E-state index >= 15 is 0 Å². The fourth-order valence-electron chi connectivity index (χ4n) is 0.639. The van der Waals surface area contributed by atoms with Crippen molar-refractivity contribution >= 4 is 22.6 Å². The topological polar surface area (TPSA) is 150 Å². The fourth-order valence-corrected chi connectivity index (χ4v) is 6.55. The molecule has 0 aromatic carbocycles. The Morgan fingerprint density at radius 3 is 1.86 bits per heavy atom. The van der Waals surface area contributed by atoms with Gasteiger partial charge >= 0.3 is 0 Å². The van der Waals surface area contributed by atoms with Gasteiger partial charge < -0.3 is 37.8 Å². The Morgan fingerprint density at radius 2 is 1.57 bits per heavy atom. The molecule has 0 spiro atoms. The monoisotopic (exact) mass is 265 g/mol. The average Bonchev–Trinajstić information content (AvgIpc) is 1.78. The van der Waals surface area contributed by atoms with Gasteiger partial charge in [0.2, 0.25) is 0 Å². The van der Waals surface area contributed by atoms with Crippen molar-refractivity contribution in [2.75, 3.05) is 18.9 Å². The Balaban J connectivity index is 4.60. The van der Waals surface area contributed by atoms with Gasteiger partial charge in [0.25, 0.3) is 0 Å². The number of rotatable bonds is 5. The summed E-state index contributed by atoms with van der Waals surface area (Å²) >= 11 is 0. The second-order valence-electron chi connectivity index (χ2n) is 2.53. The molecule has 0 fully saturated rings. The zero-order valence-corrected chi connectivity index (χ0v) is 9.74. The van der Waals surface area contributed by atoms with Gasteiger partial charge in [0.1, 0.15) is 15.2 Å². The van der Waals surface area contributed by atoms with Gasteiger partial charge in [-0.3, -0.25) is 0 Å². The molecule has 1 N–H and O–H groups in total. The van der Waals surface area contributed by atoms with Gasteiger partial charge in [-0.2, -0.15) is 0 Å². The number of hydrogen-bond donors (Lipinski definition) is 1. The molecule has 3 unspecified atom stereocenters. The molecule has 0 amide bonds. The minimum atomic E-state index is -5.02. The van der Waals surface area contributed by atoms with E-state index in [2.05, 4.69) is 4.52 Å². The molecule has 8 nitrogen and oxygen atoms in total. The lowest BCUT2D eigenvalue weighted by Gasteiger charge is -2.33. The smallest absolute Gasteiger partial charge is 0.140 e. The molecular formula is C3H8O8P3-3. The highest BCUT2D eigenvalue weighted by atomic mass is 31.3. The Kier molecular flexibility index (Phi) is 4.72. The minimum absolute atomic E-state index is 0.753. The molecule has 0 bridgehead atoms. The van der Waals surface area contributed by atoms with E-state index in [1.54, 1.807) is 0 Å². The van der Waals surface area contributed by atoms with E-state index in [0.717, 1.165) is 7.11 Å². The van der Waals surface area contributed by atoms with Crippen LogP contribution in [-0.4, -0.2) is 23.8 Å². The second kappa shape index (κ2) is 4.56. The maximum atomic E-state index is 10.9. The first kappa shape index (κ1) is 14.5. The average molecular weight is 265 g/mol. The first-order valence-corrected chi connectivity index (χ1v) is 8.64. The molecule has 0 rings (SSSR count). The molecule has 86 valence electrons. The van der Waals surface area contributed by atoms with Gasteiger partial charge in [-0.05, 0) is 0 Å². The molecule has 0 heterocycles. The third-order valence-corrected chi connectivity index (χ3v) is 7.88. The molecule has 3 atom stereocenters. The Bertz CT molecular complexity index is 329. The van der Waals surface area contributed by atoms with Crippen LogP contribution in [0.5, 0.6) is 0 Å². The van der Waals surface area contributed by atoms with Crippen LogP contribution in [-0.2, 0) is 18.2 Å². The van der Waals surface area contributed by atoms with Crippen LogP contribution in [0.4, 0.5) is 0 Å². The van der Waals surface area contributed by atoms with Crippen molar-refractivity contribution in [3.05, 3.63) is 0 Å². The first-order chi connectivity index (χ1) is 5.97. The zero-order chi connectivity index (χ0) is 11.6. The lowest BCUT2D eigenvalue weighted by molar-refractivity contribution is -0.199. The highest BCUT2D eigenvalue weighted by Gasteiger charge is 2.21. The summed E-state index contributed by atoms with van der Waals surface area (Å²) in [7, 11) is -13.6. The van der Waals surface area contributed by atoms with Gasteiger partial charge in [-0.25, -0.2) is 0 Å². The van der Waals surface area contributed by atoms with Crippen LogP contribution in [0.25, 0.3) is 0 Å². The number of hydrogen-bond acceptors (Lipinski definition) is 7. The van der Waals surface area contributed by atoms with Crippen molar-refractivity contribution in [2.45, 2.75) is 0 Å². The van der Waals surface area contributed by atoms with Gasteiger partial charge in [0.05, 0.1) is 11.8 Å². The molecule has 11 heteroatoms. The van der Waals surface area contributed by atoms with Crippen LogP contribution >= 0.6 is 22.6 Å². The van der Waals surface area contributed by atoms with Gasteiger partial charge in [-0.15, -0.1) is 0 Å². The van der Waals surface area contributed by atoms with Crippen LogP contribution in [0, 0.1) is 0 Å². The summed E-state index contributed by atoms with van der Waals surface area (Å²) in [5.41, 5.74) is 0. The van der Waals surface area contributed by atoms with Crippen LogP contribution in [0.2, 0.25) is 0 Å². The third-order valence-electron chi connectivity index (χ3n) is 1.06. The zero-order valence-electron chi connectivity index (χ0n) is 7.06. The quantitative estimate of drug-likeness (QED) is 0.576. The lowest BCUT2D eigenvalue weighted by atomic mass is 11.8. The molecule has 0 aliphatic carbocycles. The molecule has 0 saturated carbocycles. The summed E-state index contributed by atoms with van der Waals surface area (Å²) < 4.78 is 35.6. The predicted molar refractivity (Wildman–Crippen MR) is 41.8 cm³/mol. The van der Waals surface area contributed by atoms with E-state index in [1.807, 2.05) is 0 Å². The van der Waals surface area contributed by atoms with E-state index in [0.29, 0.717) is 0 Å². The van der Waals surface area contributed by atoms with E-state index < -0.39 is 34.4 Å².